The summed E-state index contributed by atoms with van der Waals surface area (Å²) in [6.45, 7) is 5.44. The van der Waals surface area contributed by atoms with Crippen molar-refractivity contribution in [3.63, 3.8) is 0 Å². The Balaban J connectivity index is 1.35. The third-order valence-corrected chi connectivity index (χ3v) is 6.10. The van der Waals surface area contributed by atoms with Gasteiger partial charge in [0.1, 0.15) is 0 Å². The first kappa shape index (κ1) is 14.9. The van der Waals surface area contributed by atoms with Gasteiger partial charge in [-0.2, -0.15) is 0 Å². The molecule has 5 heteroatoms. The first-order valence-corrected chi connectivity index (χ1v) is 9.06. The number of carbonyl (C=O) groups excluding carboxylic acids is 1. The molecule has 0 aromatic heterocycles. The number of amides is 1. The highest BCUT2D eigenvalue weighted by atomic mass is 16.7. The van der Waals surface area contributed by atoms with E-state index < -0.39 is 0 Å². The molecule has 4 fully saturated rings. The number of nitrogens with zero attached hydrogens (tertiary/aromatic N) is 2. The van der Waals surface area contributed by atoms with Gasteiger partial charge in [0.15, 0.2) is 0 Å². The molecule has 0 aromatic rings. The Morgan fingerprint density at radius 3 is 2.73 bits per heavy atom. The molecule has 3 saturated heterocycles. The van der Waals surface area contributed by atoms with Gasteiger partial charge < -0.3 is 4.74 Å². The molecule has 22 heavy (non-hydrogen) atoms. The molecule has 1 amide bonds. The molecule has 0 aromatic carbocycles. The Hall–Kier alpha value is -0.650. The van der Waals surface area contributed by atoms with Crippen LogP contribution in [0.25, 0.3) is 0 Å². The highest BCUT2D eigenvalue weighted by molar-refractivity contribution is 5.75. The van der Waals surface area contributed by atoms with Crippen molar-refractivity contribution >= 4 is 5.91 Å². The zero-order valence-electron chi connectivity index (χ0n) is 13.4. The van der Waals surface area contributed by atoms with Crippen molar-refractivity contribution in [1.82, 2.24) is 9.96 Å². The number of hydrogen-bond donors (Lipinski definition) is 0. The quantitative estimate of drug-likeness (QED) is 0.795. The van der Waals surface area contributed by atoms with Crippen LogP contribution < -0.4 is 0 Å². The molecule has 5 nitrogen and oxygen atoms in total. The minimum absolute atomic E-state index is 0.163. The van der Waals surface area contributed by atoms with E-state index in [-0.39, 0.29) is 5.91 Å². The first-order chi connectivity index (χ1) is 10.8. The zero-order chi connectivity index (χ0) is 14.9. The predicted molar refractivity (Wildman–Crippen MR) is 82.0 cm³/mol. The smallest absolute Gasteiger partial charge is 0.246 e. The molecule has 3 heterocycles. The lowest BCUT2D eigenvalue weighted by Gasteiger charge is -2.35. The fourth-order valence-corrected chi connectivity index (χ4v) is 4.52. The van der Waals surface area contributed by atoms with E-state index in [1.165, 1.54) is 32.4 Å². The molecule has 0 spiro atoms. The number of fused-ring (bicyclic) bond motifs is 1. The molecule has 3 atom stereocenters. The van der Waals surface area contributed by atoms with Gasteiger partial charge >= 0.3 is 0 Å². The third-order valence-electron chi connectivity index (χ3n) is 6.10. The maximum absolute atomic E-state index is 12.5. The highest BCUT2D eigenvalue weighted by Gasteiger charge is 2.44. The van der Waals surface area contributed by atoms with Gasteiger partial charge in [-0.25, -0.2) is 5.06 Å². The third kappa shape index (κ3) is 2.91. The van der Waals surface area contributed by atoms with Crippen LogP contribution in [0.3, 0.4) is 0 Å². The minimum atomic E-state index is 0.163. The molecule has 0 N–H and O–H groups in total. The molecule has 0 radical (unpaired) electrons. The van der Waals surface area contributed by atoms with Crippen molar-refractivity contribution in [3.05, 3.63) is 0 Å². The first-order valence-electron chi connectivity index (χ1n) is 9.06. The summed E-state index contributed by atoms with van der Waals surface area (Å²) in [7, 11) is 0. The fraction of sp³-hybridized carbons (Fsp3) is 0.941. The summed E-state index contributed by atoms with van der Waals surface area (Å²) in [6.07, 6.45) is 6.85. The van der Waals surface area contributed by atoms with E-state index in [0.717, 1.165) is 38.6 Å². The van der Waals surface area contributed by atoms with Crippen LogP contribution in [0.4, 0.5) is 0 Å². The molecule has 4 aliphatic rings. The summed E-state index contributed by atoms with van der Waals surface area (Å²) < 4.78 is 5.83. The number of rotatable bonds is 3. The van der Waals surface area contributed by atoms with Crippen molar-refractivity contribution in [2.45, 2.75) is 44.6 Å². The Labute approximate surface area is 132 Å². The topological polar surface area (TPSA) is 42.0 Å². The van der Waals surface area contributed by atoms with Crippen LogP contribution in [0.1, 0.15) is 38.5 Å². The van der Waals surface area contributed by atoms with E-state index in [0.29, 0.717) is 30.8 Å². The van der Waals surface area contributed by atoms with Crippen molar-refractivity contribution in [2.75, 3.05) is 39.5 Å². The Kier molecular flexibility index (Phi) is 4.38. The lowest BCUT2D eigenvalue weighted by atomic mass is 9.81. The van der Waals surface area contributed by atoms with Gasteiger partial charge in [0.2, 0.25) is 5.91 Å². The van der Waals surface area contributed by atoms with Crippen molar-refractivity contribution in [2.24, 2.45) is 17.8 Å². The summed E-state index contributed by atoms with van der Waals surface area (Å²) in [5, 5.41) is 1.60. The van der Waals surface area contributed by atoms with E-state index in [2.05, 4.69) is 4.90 Å². The number of hydrogen-bond acceptors (Lipinski definition) is 4. The molecule has 1 saturated carbocycles. The summed E-state index contributed by atoms with van der Waals surface area (Å²) in [5.41, 5.74) is 0. The van der Waals surface area contributed by atoms with Crippen LogP contribution in [-0.2, 0) is 14.4 Å². The average Bonchev–Trinajstić information content (AvgIpc) is 2.90. The minimum Gasteiger partial charge on any atom is -0.381 e. The molecular formula is C17H28N2O3. The fourth-order valence-electron chi connectivity index (χ4n) is 4.52. The van der Waals surface area contributed by atoms with Gasteiger partial charge in [-0.3, -0.25) is 14.5 Å². The van der Waals surface area contributed by atoms with E-state index in [1.54, 1.807) is 5.06 Å². The predicted octanol–water partition coefficient (Wildman–Crippen LogP) is 1.68. The highest BCUT2D eigenvalue weighted by Crippen LogP contribution is 2.39. The van der Waals surface area contributed by atoms with Gasteiger partial charge in [-0.05, 0) is 43.4 Å². The monoisotopic (exact) mass is 308 g/mol. The summed E-state index contributed by atoms with van der Waals surface area (Å²) in [5.74, 6) is 1.82. The van der Waals surface area contributed by atoms with Crippen molar-refractivity contribution in [1.29, 1.82) is 0 Å². The van der Waals surface area contributed by atoms with E-state index in [1.807, 2.05) is 0 Å². The van der Waals surface area contributed by atoms with E-state index >= 15 is 0 Å². The summed E-state index contributed by atoms with van der Waals surface area (Å²) in [6, 6.07) is 0.812. The average molecular weight is 308 g/mol. The lowest BCUT2D eigenvalue weighted by molar-refractivity contribution is -0.199. The molecular weight excluding hydrogens is 280 g/mol. The summed E-state index contributed by atoms with van der Waals surface area (Å²) in [4.78, 5) is 20.6. The number of carbonyl (C=O) groups is 1. The second-order valence-electron chi connectivity index (χ2n) is 7.50. The maximum atomic E-state index is 12.5. The van der Waals surface area contributed by atoms with Crippen LogP contribution in [-0.4, -0.2) is 61.4 Å². The van der Waals surface area contributed by atoms with Crippen LogP contribution >= 0.6 is 0 Å². The zero-order valence-corrected chi connectivity index (χ0v) is 13.4. The largest absolute Gasteiger partial charge is 0.381 e. The van der Waals surface area contributed by atoms with Crippen LogP contribution in [0.5, 0.6) is 0 Å². The lowest BCUT2D eigenvalue weighted by Crippen LogP contribution is -2.41. The number of likely N-dealkylation sites (tertiary alicyclic amines) is 1. The van der Waals surface area contributed by atoms with E-state index in [4.69, 9.17) is 9.57 Å². The van der Waals surface area contributed by atoms with Crippen molar-refractivity contribution < 1.29 is 14.4 Å². The normalized spacial score (nSPS) is 36.9. The standard InChI is InChI=1S/C17H28N2O3/c20-17(19-6-1-2-7-22-19)8-13-11-21-12-14-9-18(10-16(13)14)15-4-3-5-15/h13-16H,1-12H2/t13-,14-,16+/m1/s1. The van der Waals surface area contributed by atoms with Gasteiger partial charge in [-0.1, -0.05) is 6.42 Å². The number of ether oxygens (including phenoxy) is 1. The van der Waals surface area contributed by atoms with Crippen LogP contribution in [0, 0.1) is 17.8 Å². The second kappa shape index (κ2) is 6.46. The van der Waals surface area contributed by atoms with Gasteiger partial charge in [0.25, 0.3) is 0 Å². The van der Waals surface area contributed by atoms with Gasteiger partial charge in [0, 0.05) is 32.1 Å². The molecule has 124 valence electrons. The molecule has 4 rings (SSSR count). The SMILES string of the molecule is O=C(C[C@@H]1COC[C@H]2CN(C3CCC3)C[C@@H]12)N1CCCCO1. The summed E-state index contributed by atoms with van der Waals surface area (Å²) >= 11 is 0. The molecule has 0 unspecified atom stereocenters. The Morgan fingerprint density at radius 2 is 2.00 bits per heavy atom. The van der Waals surface area contributed by atoms with Crippen LogP contribution in [0.2, 0.25) is 0 Å². The molecule has 0 bridgehead atoms. The molecule has 1 aliphatic carbocycles. The van der Waals surface area contributed by atoms with Crippen LogP contribution in [0.15, 0.2) is 0 Å². The van der Waals surface area contributed by atoms with Crippen molar-refractivity contribution in [3.8, 4) is 0 Å². The van der Waals surface area contributed by atoms with Gasteiger partial charge in [0.05, 0.1) is 19.8 Å². The second-order valence-corrected chi connectivity index (χ2v) is 7.50. The molecule has 3 aliphatic heterocycles. The Bertz CT molecular complexity index is 407. The maximum Gasteiger partial charge on any atom is 0.246 e. The Morgan fingerprint density at radius 1 is 1.09 bits per heavy atom. The van der Waals surface area contributed by atoms with Gasteiger partial charge in [-0.15, -0.1) is 0 Å². The number of hydroxylamine groups is 2. The van der Waals surface area contributed by atoms with E-state index in [9.17, 15) is 4.79 Å².